The summed E-state index contributed by atoms with van der Waals surface area (Å²) >= 11 is 0. The second-order valence-corrected chi connectivity index (χ2v) is 9.85. The minimum Gasteiger partial charge on any atom is -0.389 e. The van der Waals surface area contributed by atoms with Gasteiger partial charge in [-0.2, -0.15) is 0 Å². The summed E-state index contributed by atoms with van der Waals surface area (Å²) in [7, 11) is -3.17. The fourth-order valence-electron chi connectivity index (χ4n) is 3.25. The molecule has 0 spiro atoms. The molecular formula is C18H25N7O3S. The molecule has 0 radical (unpaired) electrons. The Morgan fingerprint density at radius 1 is 1.34 bits per heavy atom. The van der Waals surface area contributed by atoms with E-state index in [9.17, 15) is 13.5 Å². The monoisotopic (exact) mass is 419 g/mol. The van der Waals surface area contributed by atoms with E-state index in [1.807, 2.05) is 0 Å². The highest BCUT2D eigenvalue weighted by Crippen LogP contribution is 2.28. The number of imidazole rings is 1. The van der Waals surface area contributed by atoms with Gasteiger partial charge in [-0.1, -0.05) is 0 Å². The number of hydrogen-bond acceptors (Lipinski definition) is 7. The van der Waals surface area contributed by atoms with Gasteiger partial charge in [-0.05, 0) is 26.7 Å². The third-order valence-electron chi connectivity index (χ3n) is 4.59. The number of hydrogen-bond donors (Lipinski definition) is 2. The topological polar surface area (TPSA) is 118 Å². The van der Waals surface area contributed by atoms with Crippen LogP contribution >= 0.6 is 0 Å². The molecule has 2 N–H and O–H groups in total. The van der Waals surface area contributed by atoms with Crippen LogP contribution in [0, 0.1) is 6.57 Å². The summed E-state index contributed by atoms with van der Waals surface area (Å²) in [4.78, 5) is 16.5. The summed E-state index contributed by atoms with van der Waals surface area (Å²) in [5, 5.41) is 13.2. The molecule has 0 bridgehead atoms. The molecule has 2 aromatic heterocycles. The van der Waals surface area contributed by atoms with Crippen LogP contribution in [0.4, 0.5) is 11.6 Å². The van der Waals surface area contributed by atoms with E-state index in [0.717, 1.165) is 0 Å². The second kappa shape index (κ2) is 8.06. The van der Waals surface area contributed by atoms with Gasteiger partial charge in [0.2, 0.25) is 21.7 Å². The lowest BCUT2D eigenvalue weighted by molar-refractivity contribution is 0.0615. The summed E-state index contributed by atoms with van der Waals surface area (Å²) < 4.78 is 26.5. The Bertz CT molecular complexity index is 1010. The van der Waals surface area contributed by atoms with Gasteiger partial charge in [0, 0.05) is 31.5 Å². The van der Waals surface area contributed by atoms with E-state index in [0.29, 0.717) is 49.8 Å². The number of nitrogens with one attached hydrogen (secondary N) is 1. The molecule has 29 heavy (non-hydrogen) atoms. The SMILES string of the molecule is [C-]#[N+]c1cnc(NC2CCN(S(C)(=O)=O)CC2)nc1-c1cn(CC(C)(C)O)cn1. The predicted molar refractivity (Wildman–Crippen MR) is 109 cm³/mol. The van der Waals surface area contributed by atoms with Crippen LogP contribution in [-0.4, -0.2) is 68.3 Å². The second-order valence-electron chi connectivity index (χ2n) is 7.86. The van der Waals surface area contributed by atoms with Crippen molar-refractivity contribution in [3.8, 4) is 11.4 Å². The fraction of sp³-hybridized carbons (Fsp3) is 0.556. The summed E-state index contributed by atoms with van der Waals surface area (Å²) in [5.41, 5.74) is 0.342. The van der Waals surface area contributed by atoms with E-state index in [4.69, 9.17) is 6.57 Å². The molecular weight excluding hydrogens is 394 g/mol. The zero-order chi connectivity index (χ0) is 21.2. The standard InChI is InChI=1S/C18H25N7O3S/c1-18(2,26)11-24-10-15(21-12-24)16-14(19-3)9-20-17(23-16)22-13-5-7-25(8-6-13)29(4,27)28/h9-10,12-13,26H,5-8,11H2,1-2,4H3,(H,20,22,23). The first-order chi connectivity index (χ1) is 13.5. The number of anilines is 1. The molecule has 3 rings (SSSR count). The molecule has 1 aliphatic heterocycles. The maximum Gasteiger partial charge on any atom is 0.232 e. The van der Waals surface area contributed by atoms with Crippen molar-refractivity contribution in [1.29, 1.82) is 0 Å². The average molecular weight is 420 g/mol. The highest BCUT2D eigenvalue weighted by Gasteiger charge is 2.25. The molecule has 11 heteroatoms. The quantitative estimate of drug-likeness (QED) is 0.681. The van der Waals surface area contributed by atoms with Crippen LogP contribution in [0.3, 0.4) is 0 Å². The zero-order valence-corrected chi connectivity index (χ0v) is 17.5. The Morgan fingerprint density at radius 2 is 2.03 bits per heavy atom. The molecule has 0 aliphatic carbocycles. The van der Waals surface area contributed by atoms with Crippen LogP contribution in [0.1, 0.15) is 26.7 Å². The molecule has 3 heterocycles. The molecule has 0 atom stereocenters. The third-order valence-corrected chi connectivity index (χ3v) is 5.89. The molecule has 0 aromatic carbocycles. The maximum absolute atomic E-state index is 11.6. The van der Waals surface area contributed by atoms with Crippen LogP contribution in [0.5, 0.6) is 0 Å². The van der Waals surface area contributed by atoms with Gasteiger partial charge in [0.1, 0.15) is 5.69 Å². The maximum atomic E-state index is 11.6. The highest BCUT2D eigenvalue weighted by atomic mass is 32.2. The van der Waals surface area contributed by atoms with E-state index >= 15 is 0 Å². The van der Waals surface area contributed by atoms with Crippen LogP contribution in [0.15, 0.2) is 18.7 Å². The minimum atomic E-state index is -3.17. The lowest BCUT2D eigenvalue weighted by atomic mass is 10.1. The Balaban J connectivity index is 1.76. The highest BCUT2D eigenvalue weighted by molar-refractivity contribution is 7.88. The van der Waals surface area contributed by atoms with Crippen molar-refractivity contribution < 1.29 is 13.5 Å². The first-order valence-corrected chi connectivity index (χ1v) is 11.1. The summed E-state index contributed by atoms with van der Waals surface area (Å²) in [6, 6.07) is 0.0485. The van der Waals surface area contributed by atoms with Crippen molar-refractivity contribution in [2.45, 2.75) is 44.9 Å². The average Bonchev–Trinajstić information content (AvgIpc) is 3.08. The molecule has 1 aliphatic rings. The van der Waals surface area contributed by atoms with Gasteiger partial charge >= 0.3 is 0 Å². The molecule has 10 nitrogen and oxygen atoms in total. The molecule has 156 valence electrons. The van der Waals surface area contributed by atoms with Gasteiger partial charge < -0.3 is 15.0 Å². The van der Waals surface area contributed by atoms with Gasteiger partial charge in [-0.15, -0.1) is 0 Å². The van der Waals surface area contributed by atoms with E-state index in [-0.39, 0.29) is 11.7 Å². The predicted octanol–water partition coefficient (Wildman–Crippen LogP) is 1.50. The minimum absolute atomic E-state index is 0.0485. The van der Waals surface area contributed by atoms with Crippen molar-refractivity contribution in [3.05, 3.63) is 30.1 Å². The molecule has 0 amide bonds. The third kappa shape index (κ3) is 5.50. The lowest BCUT2D eigenvalue weighted by Gasteiger charge is -2.30. The van der Waals surface area contributed by atoms with Gasteiger partial charge in [0.25, 0.3) is 0 Å². The Kier molecular flexibility index (Phi) is 5.88. The molecule has 0 unspecified atom stereocenters. The van der Waals surface area contributed by atoms with Gasteiger partial charge in [-0.25, -0.2) is 32.5 Å². The molecule has 1 saturated heterocycles. The number of aromatic nitrogens is 4. The molecule has 0 saturated carbocycles. The van der Waals surface area contributed by atoms with Crippen molar-refractivity contribution in [1.82, 2.24) is 23.8 Å². The Morgan fingerprint density at radius 3 is 2.62 bits per heavy atom. The van der Waals surface area contributed by atoms with Crippen molar-refractivity contribution in [2.75, 3.05) is 24.7 Å². The largest absolute Gasteiger partial charge is 0.389 e. The number of sulfonamides is 1. The zero-order valence-electron chi connectivity index (χ0n) is 16.7. The van der Waals surface area contributed by atoms with Gasteiger partial charge in [-0.3, -0.25) is 0 Å². The first kappa shape index (κ1) is 21.2. The Hall–Kier alpha value is -2.55. The summed E-state index contributed by atoms with van der Waals surface area (Å²) in [6.07, 6.45) is 7.31. The van der Waals surface area contributed by atoms with Crippen LogP contribution in [0.2, 0.25) is 0 Å². The molecule has 1 fully saturated rings. The molecule has 2 aromatic rings. The van der Waals surface area contributed by atoms with E-state index < -0.39 is 15.6 Å². The van der Waals surface area contributed by atoms with E-state index in [1.165, 1.54) is 16.8 Å². The number of piperidine rings is 1. The van der Waals surface area contributed by atoms with Gasteiger partial charge in [0.15, 0.2) is 0 Å². The smallest absolute Gasteiger partial charge is 0.232 e. The van der Waals surface area contributed by atoms with Crippen molar-refractivity contribution >= 4 is 21.7 Å². The van der Waals surface area contributed by atoms with E-state index in [1.54, 1.807) is 30.9 Å². The summed E-state index contributed by atoms with van der Waals surface area (Å²) in [5.74, 6) is 0.377. The van der Waals surface area contributed by atoms with Crippen molar-refractivity contribution in [3.63, 3.8) is 0 Å². The fourth-order valence-corrected chi connectivity index (χ4v) is 4.12. The van der Waals surface area contributed by atoms with Gasteiger partial charge in [0.05, 0.1) is 37.0 Å². The van der Waals surface area contributed by atoms with Crippen LogP contribution in [-0.2, 0) is 16.6 Å². The summed E-state index contributed by atoms with van der Waals surface area (Å²) in [6.45, 7) is 12.1. The first-order valence-electron chi connectivity index (χ1n) is 9.26. The number of nitrogens with zero attached hydrogens (tertiary/aromatic N) is 6. The Labute approximate surface area is 170 Å². The lowest BCUT2D eigenvalue weighted by Crippen LogP contribution is -2.42. The normalized spacial score (nSPS) is 16.5. The number of rotatable bonds is 6. The number of aliphatic hydroxyl groups is 1. The van der Waals surface area contributed by atoms with Crippen LogP contribution < -0.4 is 5.32 Å². The van der Waals surface area contributed by atoms with E-state index in [2.05, 4.69) is 25.1 Å². The van der Waals surface area contributed by atoms with Crippen LogP contribution in [0.25, 0.3) is 16.2 Å². The van der Waals surface area contributed by atoms with Crippen molar-refractivity contribution in [2.24, 2.45) is 0 Å².